The number of hydrogen-bond acceptors (Lipinski definition) is 2. The molecular formula is C18H22ClNO. The fraction of sp³-hybridized carbons (Fsp3) is 0.333. The number of hydrogen-bond donors (Lipinski definition) is 1. The summed E-state index contributed by atoms with van der Waals surface area (Å²) in [6.07, 6.45) is 0.932. The summed E-state index contributed by atoms with van der Waals surface area (Å²) in [5.41, 5.74) is 3.67. The number of ether oxygens (including phenoxy) is 1. The van der Waals surface area contributed by atoms with Crippen LogP contribution in [-0.2, 0) is 24.3 Å². The van der Waals surface area contributed by atoms with Crippen LogP contribution in [0.15, 0.2) is 48.5 Å². The summed E-state index contributed by atoms with van der Waals surface area (Å²) in [7, 11) is 1.71. The molecular weight excluding hydrogens is 282 g/mol. The van der Waals surface area contributed by atoms with Crippen molar-refractivity contribution >= 4 is 11.6 Å². The van der Waals surface area contributed by atoms with Crippen LogP contribution in [0.5, 0.6) is 0 Å². The Bertz CT molecular complexity index is 553. The monoisotopic (exact) mass is 303 g/mol. The maximum absolute atomic E-state index is 6.19. The molecule has 2 aromatic carbocycles. The van der Waals surface area contributed by atoms with Gasteiger partial charge in [0.25, 0.3) is 0 Å². The van der Waals surface area contributed by atoms with E-state index in [1.165, 1.54) is 16.7 Å². The molecule has 0 bridgehead atoms. The third-order valence-corrected chi connectivity index (χ3v) is 3.84. The molecule has 0 spiro atoms. The highest BCUT2D eigenvalue weighted by atomic mass is 35.5. The highest BCUT2D eigenvalue weighted by Gasteiger charge is 2.06. The topological polar surface area (TPSA) is 21.3 Å². The Labute approximate surface area is 132 Å². The van der Waals surface area contributed by atoms with Crippen molar-refractivity contribution in [2.24, 2.45) is 0 Å². The highest BCUT2D eigenvalue weighted by molar-refractivity contribution is 6.31. The zero-order chi connectivity index (χ0) is 15.1. The predicted octanol–water partition coefficient (Wildman–Crippen LogP) is 4.21. The van der Waals surface area contributed by atoms with E-state index in [9.17, 15) is 0 Å². The first kappa shape index (κ1) is 16.0. The third kappa shape index (κ3) is 5.16. The second-order valence-corrected chi connectivity index (χ2v) is 5.73. The first-order valence-corrected chi connectivity index (χ1v) is 7.60. The van der Waals surface area contributed by atoms with Crippen molar-refractivity contribution in [3.8, 4) is 0 Å². The van der Waals surface area contributed by atoms with Gasteiger partial charge in [0.1, 0.15) is 0 Å². The summed E-state index contributed by atoms with van der Waals surface area (Å²) in [4.78, 5) is 0. The average molecular weight is 304 g/mol. The van der Waals surface area contributed by atoms with Crippen molar-refractivity contribution in [2.75, 3.05) is 7.11 Å². The van der Waals surface area contributed by atoms with Gasteiger partial charge < -0.3 is 10.1 Å². The Hall–Kier alpha value is -1.35. The first-order chi connectivity index (χ1) is 10.2. The fourth-order valence-electron chi connectivity index (χ4n) is 2.28. The Morgan fingerprint density at radius 3 is 2.38 bits per heavy atom. The number of benzene rings is 2. The molecule has 3 heteroatoms. The third-order valence-electron chi connectivity index (χ3n) is 3.47. The first-order valence-electron chi connectivity index (χ1n) is 7.22. The zero-order valence-electron chi connectivity index (χ0n) is 12.6. The van der Waals surface area contributed by atoms with E-state index in [0.717, 1.165) is 18.0 Å². The molecule has 2 nitrogen and oxygen atoms in total. The predicted molar refractivity (Wildman–Crippen MR) is 88.6 cm³/mol. The molecule has 112 valence electrons. The molecule has 0 aliphatic carbocycles. The lowest BCUT2D eigenvalue weighted by Gasteiger charge is -2.15. The summed E-state index contributed by atoms with van der Waals surface area (Å²) in [6.45, 7) is 3.71. The quantitative estimate of drug-likeness (QED) is 0.827. The van der Waals surface area contributed by atoms with E-state index < -0.39 is 0 Å². The highest BCUT2D eigenvalue weighted by Crippen LogP contribution is 2.16. The van der Waals surface area contributed by atoms with Crippen LogP contribution < -0.4 is 5.32 Å². The van der Waals surface area contributed by atoms with Crippen molar-refractivity contribution < 1.29 is 4.74 Å². The molecule has 0 saturated heterocycles. The summed E-state index contributed by atoms with van der Waals surface area (Å²) < 4.78 is 5.12. The molecule has 1 N–H and O–H groups in total. The minimum atomic E-state index is 0.378. The van der Waals surface area contributed by atoms with Crippen LogP contribution in [0.25, 0.3) is 0 Å². The molecule has 0 saturated carbocycles. The number of nitrogens with one attached hydrogen (secondary N) is 1. The molecule has 1 atom stereocenters. The molecule has 0 fully saturated rings. The molecule has 0 aliphatic rings. The zero-order valence-corrected chi connectivity index (χ0v) is 13.4. The maximum Gasteiger partial charge on any atom is 0.0713 e. The largest absolute Gasteiger partial charge is 0.380 e. The van der Waals surface area contributed by atoms with Gasteiger partial charge in [0, 0.05) is 24.7 Å². The van der Waals surface area contributed by atoms with E-state index in [-0.39, 0.29) is 0 Å². The van der Waals surface area contributed by atoms with E-state index in [4.69, 9.17) is 16.3 Å². The van der Waals surface area contributed by atoms with Gasteiger partial charge in [-0.15, -0.1) is 0 Å². The van der Waals surface area contributed by atoms with Crippen LogP contribution in [-0.4, -0.2) is 13.2 Å². The second kappa shape index (κ2) is 8.18. The normalized spacial score (nSPS) is 12.3. The van der Waals surface area contributed by atoms with Crippen molar-refractivity contribution in [1.82, 2.24) is 5.32 Å². The van der Waals surface area contributed by atoms with Crippen LogP contribution >= 0.6 is 11.6 Å². The van der Waals surface area contributed by atoms with Crippen LogP contribution in [0.2, 0.25) is 5.02 Å². The van der Waals surface area contributed by atoms with Gasteiger partial charge in [0.2, 0.25) is 0 Å². The van der Waals surface area contributed by atoms with Crippen LogP contribution in [0.4, 0.5) is 0 Å². The molecule has 0 amide bonds. The molecule has 0 radical (unpaired) electrons. The van der Waals surface area contributed by atoms with Crippen molar-refractivity contribution in [1.29, 1.82) is 0 Å². The van der Waals surface area contributed by atoms with E-state index >= 15 is 0 Å². The molecule has 21 heavy (non-hydrogen) atoms. The SMILES string of the molecule is COCc1ccc(CNC(C)Cc2ccccc2Cl)cc1. The number of halogens is 1. The maximum atomic E-state index is 6.19. The van der Waals surface area contributed by atoms with Gasteiger partial charge in [-0.2, -0.15) is 0 Å². The Balaban J connectivity index is 1.83. The summed E-state index contributed by atoms with van der Waals surface area (Å²) >= 11 is 6.19. The van der Waals surface area contributed by atoms with Gasteiger partial charge in [-0.05, 0) is 36.1 Å². The second-order valence-electron chi connectivity index (χ2n) is 5.33. The van der Waals surface area contributed by atoms with Crippen molar-refractivity contribution in [2.45, 2.75) is 32.5 Å². The molecule has 0 aromatic heterocycles. The molecule has 1 unspecified atom stereocenters. The van der Waals surface area contributed by atoms with E-state index in [1.54, 1.807) is 7.11 Å². The van der Waals surface area contributed by atoms with Crippen LogP contribution in [0, 0.1) is 0 Å². The van der Waals surface area contributed by atoms with Crippen LogP contribution in [0.1, 0.15) is 23.6 Å². The van der Waals surface area contributed by atoms with Gasteiger partial charge in [0.15, 0.2) is 0 Å². The lowest BCUT2D eigenvalue weighted by Crippen LogP contribution is -2.27. The van der Waals surface area contributed by atoms with Gasteiger partial charge in [-0.25, -0.2) is 0 Å². The minimum Gasteiger partial charge on any atom is -0.380 e. The van der Waals surface area contributed by atoms with E-state index in [0.29, 0.717) is 12.6 Å². The van der Waals surface area contributed by atoms with Gasteiger partial charge in [-0.1, -0.05) is 54.1 Å². The van der Waals surface area contributed by atoms with E-state index in [1.807, 2.05) is 18.2 Å². The molecule has 2 rings (SSSR count). The Morgan fingerprint density at radius 2 is 1.71 bits per heavy atom. The Morgan fingerprint density at radius 1 is 1.05 bits per heavy atom. The smallest absolute Gasteiger partial charge is 0.0713 e. The molecule has 2 aromatic rings. The summed E-state index contributed by atoms with van der Waals surface area (Å²) in [6, 6.07) is 16.9. The molecule has 0 heterocycles. The van der Waals surface area contributed by atoms with Crippen molar-refractivity contribution in [3.05, 3.63) is 70.2 Å². The lowest BCUT2D eigenvalue weighted by atomic mass is 10.1. The van der Waals surface area contributed by atoms with Gasteiger partial charge in [-0.3, -0.25) is 0 Å². The van der Waals surface area contributed by atoms with Gasteiger partial charge >= 0.3 is 0 Å². The standard InChI is InChI=1S/C18H22ClNO/c1-14(11-17-5-3-4-6-18(17)19)20-12-15-7-9-16(10-8-15)13-21-2/h3-10,14,20H,11-13H2,1-2H3. The lowest BCUT2D eigenvalue weighted by molar-refractivity contribution is 0.185. The average Bonchev–Trinajstić information content (AvgIpc) is 2.49. The molecule has 0 aliphatic heterocycles. The van der Waals surface area contributed by atoms with Crippen molar-refractivity contribution in [3.63, 3.8) is 0 Å². The fourth-order valence-corrected chi connectivity index (χ4v) is 2.49. The van der Waals surface area contributed by atoms with Gasteiger partial charge in [0.05, 0.1) is 6.61 Å². The van der Waals surface area contributed by atoms with E-state index in [2.05, 4.69) is 42.6 Å². The number of methoxy groups -OCH3 is 1. The number of rotatable bonds is 7. The summed E-state index contributed by atoms with van der Waals surface area (Å²) in [5, 5.41) is 4.38. The van der Waals surface area contributed by atoms with Crippen LogP contribution in [0.3, 0.4) is 0 Å². The summed E-state index contributed by atoms with van der Waals surface area (Å²) in [5.74, 6) is 0. The minimum absolute atomic E-state index is 0.378. The Kier molecular flexibility index (Phi) is 6.24.